The smallest absolute Gasteiger partial charge is 0.358 e. The molecule has 6 nitrogen and oxygen atoms in total. The number of rotatable bonds is 7. The molecule has 0 saturated carbocycles. The van der Waals surface area contributed by atoms with Gasteiger partial charge in [-0.15, -0.1) is 11.3 Å². The van der Waals surface area contributed by atoms with Gasteiger partial charge in [0.2, 0.25) is 0 Å². The molecular formula is C19H18N2O4S. The second-order valence-corrected chi connectivity index (χ2v) is 6.38. The highest BCUT2D eigenvalue weighted by Gasteiger charge is 2.15. The summed E-state index contributed by atoms with van der Waals surface area (Å²) >= 11 is 1.36. The molecule has 0 saturated heterocycles. The summed E-state index contributed by atoms with van der Waals surface area (Å²) in [6, 6.07) is 11.5. The molecule has 26 heavy (non-hydrogen) atoms. The minimum Gasteiger partial charge on any atom is -0.467 e. The van der Waals surface area contributed by atoms with Crippen molar-refractivity contribution >= 4 is 23.2 Å². The zero-order chi connectivity index (χ0) is 18.4. The van der Waals surface area contributed by atoms with Gasteiger partial charge in [-0.25, -0.2) is 9.78 Å². The molecule has 0 atom stereocenters. The first-order valence-electron chi connectivity index (χ1n) is 8.16. The minimum atomic E-state index is -0.620. The summed E-state index contributed by atoms with van der Waals surface area (Å²) in [5.74, 6) is -0.394. The van der Waals surface area contributed by atoms with Crippen molar-refractivity contribution in [3.8, 4) is 10.6 Å². The fourth-order valence-corrected chi connectivity index (χ4v) is 3.03. The van der Waals surface area contributed by atoms with Crippen molar-refractivity contribution < 1.29 is 18.7 Å². The van der Waals surface area contributed by atoms with E-state index < -0.39 is 11.9 Å². The van der Waals surface area contributed by atoms with Crippen LogP contribution >= 0.6 is 11.3 Å². The number of hydrogen-bond donors (Lipinski definition) is 1. The van der Waals surface area contributed by atoms with Crippen molar-refractivity contribution in [2.45, 2.75) is 19.9 Å². The monoisotopic (exact) mass is 370 g/mol. The first-order valence-corrected chi connectivity index (χ1v) is 9.04. The van der Waals surface area contributed by atoms with E-state index >= 15 is 0 Å². The lowest BCUT2D eigenvalue weighted by molar-refractivity contribution is -0.124. The van der Waals surface area contributed by atoms with Crippen molar-refractivity contribution in [2.24, 2.45) is 0 Å². The highest BCUT2D eigenvalue weighted by atomic mass is 32.1. The summed E-state index contributed by atoms with van der Waals surface area (Å²) < 4.78 is 10.1. The number of benzene rings is 1. The number of nitrogens with one attached hydrogen (secondary N) is 1. The first kappa shape index (κ1) is 17.9. The maximum Gasteiger partial charge on any atom is 0.358 e. The zero-order valence-corrected chi connectivity index (χ0v) is 15.0. The van der Waals surface area contributed by atoms with Crippen LogP contribution in [0.4, 0.5) is 0 Å². The molecule has 2 aromatic heterocycles. The Morgan fingerprint density at radius 1 is 1.23 bits per heavy atom. The summed E-state index contributed by atoms with van der Waals surface area (Å²) in [6.07, 6.45) is 2.49. The third-order valence-electron chi connectivity index (χ3n) is 3.70. The number of aryl methyl sites for hydroxylation is 1. The van der Waals surface area contributed by atoms with Crippen molar-refractivity contribution in [1.29, 1.82) is 0 Å². The topological polar surface area (TPSA) is 81.4 Å². The Morgan fingerprint density at radius 3 is 2.73 bits per heavy atom. The fraction of sp³-hybridized carbons (Fsp3) is 0.211. The average Bonchev–Trinajstić information content (AvgIpc) is 3.36. The molecule has 0 bridgehead atoms. The van der Waals surface area contributed by atoms with Gasteiger partial charge in [0, 0.05) is 10.9 Å². The normalized spacial score (nSPS) is 10.5. The number of furan rings is 1. The molecule has 2 heterocycles. The molecule has 3 rings (SSSR count). The van der Waals surface area contributed by atoms with E-state index in [0.29, 0.717) is 5.76 Å². The van der Waals surface area contributed by atoms with Crippen LogP contribution in [0, 0.1) is 0 Å². The van der Waals surface area contributed by atoms with Crippen LogP contribution in [0.1, 0.15) is 28.7 Å². The van der Waals surface area contributed by atoms with Gasteiger partial charge in [-0.05, 0) is 24.1 Å². The molecule has 0 radical (unpaired) electrons. The van der Waals surface area contributed by atoms with Gasteiger partial charge in [0.25, 0.3) is 5.91 Å². The summed E-state index contributed by atoms with van der Waals surface area (Å²) in [5.41, 5.74) is 2.39. The number of nitrogens with zero attached hydrogens (tertiary/aromatic N) is 1. The first-order chi connectivity index (χ1) is 12.7. The van der Waals surface area contributed by atoms with Gasteiger partial charge in [0.05, 0.1) is 12.8 Å². The third-order valence-corrected chi connectivity index (χ3v) is 4.59. The third kappa shape index (κ3) is 4.58. The molecule has 7 heteroatoms. The summed E-state index contributed by atoms with van der Waals surface area (Å²) in [6.45, 7) is 1.98. The van der Waals surface area contributed by atoms with Crippen molar-refractivity contribution in [2.75, 3.05) is 6.61 Å². The van der Waals surface area contributed by atoms with Gasteiger partial charge in [0.15, 0.2) is 12.3 Å². The van der Waals surface area contributed by atoms with Gasteiger partial charge in [0.1, 0.15) is 10.8 Å². The van der Waals surface area contributed by atoms with Crippen LogP contribution < -0.4 is 5.32 Å². The molecule has 0 spiro atoms. The number of esters is 1. The highest BCUT2D eigenvalue weighted by molar-refractivity contribution is 7.13. The Labute approximate surface area is 154 Å². The number of ether oxygens (including phenoxy) is 1. The highest BCUT2D eigenvalue weighted by Crippen LogP contribution is 2.24. The van der Waals surface area contributed by atoms with Crippen LogP contribution in [0.25, 0.3) is 10.6 Å². The van der Waals surface area contributed by atoms with Gasteiger partial charge >= 0.3 is 5.97 Å². The van der Waals surface area contributed by atoms with E-state index in [1.807, 2.05) is 24.3 Å². The summed E-state index contributed by atoms with van der Waals surface area (Å²) in [4.78, 5) is 28.1. The SMILES string of the molecule is CCc1ccc(-c2nc(C(=O)OCC(=O)NCc3ccco3)cs2)cc1. The van der Waals surface area contributed by atoms with E-state index in [-0.39, 0.29) is 18.8 Å². The number of aromatic nitrogens is 1. The molecule has 0 aliphatic heterocycles. The van der Waals surface area contributed by atoms with Crippen molar-refractivity contribution in [3.63, 3.8) is 0 Å². The van der Waals surface area contributed by atoms with Gasteiger partial charge in [-0.1, -0.05) is 31.2 Å². The Balaban J connectivity index is 1.51. The maximum atomic E-state index is 12.1. The molecule has 0 aliphatic rings. The Kier molecular flexibility index (Phi) is 5.80. The van der Waals surface area contributed by atoms with Gasteiger partial charge in [-0.2, -0.15) is 0 Å². The van der Waals surface area contributed by atoms with E-state index in [2.05, 4.69) is 17.2 Å². The van der Waals surface area contributed by atoms with Crippen LogP contribution in [0.15, 0.2) is 52.5 Å². The van der Waals surface area contributed by atoms with E-state index in [9.17, 15) is 9.59 Å². The number of thiazole rings is 1. The molecular weight excluding hydrogens is 352 g/mol. The number of hydrogen-bond acceptors (Lipinski definition) is 6. The fourth-order valence-electron chi connectivity index (χ4n) is 2.24. The molecule has 134 valence electrons. The lowest BCUT2D eigenvalue weighted by atomic mass is 10.1. The lowest BCUT2D eigenvalue weighted by Crippen LogP contribution is -2.28. The zero-order valence-electron chi connectivity index (χ0n) is 14.2. The second kappa shape index (κ2) is 8.44. The molecule has 1 N–H and O–H groups in total. The maximum absolute atomic E-state index is 12.1. The number of carbonyl (C=O) groups excluding carboxylic acids is 2. The van der Waals surface area contributed by atoms with E-state index in [1.54, 1.807) is 17.5 Å². The standard InChI is InChI=1S/C19H18N2O4S/c1-2-13-5-7-14(8-6-13)18-21-16(12-26-18)19(23)25-11-17(22)20-10-15-4-3-9-24-15/h3-9,12H,2,10-11H2,1H3,(H,20,22). The molecule has 1 amide bonds. The lowest BCUT2D eigenvalue weighted by Gasteiger charge is -2.04. The van der Waals surface area contributed by atoms with E-state index in [1.165, 1.54) is 23.2 Å². The summed E-state index contributed by atoms with van der Waals surface area (Å²) in [7, 11) is 0. The van der Waals surface area contributed by atoms with Crippen LogP contribution in [0.2, 0.25) is 0 Å². The average molecular weight is 370 g/mol. The predicted molar refractivity (Wildman–Crippen MR) is 97.8 cm³/mol. The summed E-state index contributed by atoms with van der Waals surface area (Å²) in [5, 5.41) is 4.97. The molecule has 0 unspecified atom stereocenters. The Hall–Kier alpha value is -2.93. The Morgan fingerprint density at radius 2 is 2.04 bits per heavy atom. The largest absolute Gasteiger partial charge is 0.467 e. The van der Waals surface area contributed by atoms with Crippen LogP contribution in [0.5, 0.6) is 0 Å². The number of amides is 1. The van der Waals surface area contributed by atoms with Gasteiger partial charge in [-0.3, -0.25) is 4.79 Å². The minimum absolute atomic E-state index is 0.198. The molecule has 3 aromatic rings. The molecule has 0 fully saturated rings. The predicted octanol–water partition coefficient (Wildman–Crippen LogP) is 3.44. The van der Waals surface area contributed by atoms with Crippen molar-refractivity contribution in [3.05, 3.63) is 65.1 Å². The van der Waals surface area contributed by atoms with Crippen LogP contribution in [0.3, 0.4) is 0 Å². The van der Waals surface area contributed by atoms with Crippen LogP contribution in [-0.4, -0.2) is 23.5 Å². The number of carbonyl (C=O) groups is 2. The van der Waals surface area contributed by atoms with E-state index in [4.69, 9.17) is 9.15 Å². The van der Waals surface area contributed by atoms with E-state index in [0.717, 1.165) is 17.0 Å². The van der Waals surface area contributed by atoms with Crippen molar-refractivity contribution in [1.82, 2.24) is 10.3 Å². The van der Waals surface area contributed by atoms with Crippen LogP contribution in [-0.2, 0) is 22.5 Å². The molecule has 1 aromatic carbocycles. The quantitative estimate of drug-likeness (QED) is 0.644. The molecule has 0 aliphatic carbocycles. The second-order valence-electron chi connectivity index (χ2n) is 5.52. The van der Waals surface area contributed by atoms with Gasteiger partial charge < -0.3 is 14.5 Å². The Bertz CT molecular complexity index is 869.